The fourth-order valence-electron chi connectivity index (χ4n) is 2.93. The Morgan fingerprint density at radius 3 is 2.23 bits per heavy atom. The van der Waals surface area contributed by atoms with Crippen LogP contribution in [0.25, 0.3) is 0 Å². The predicted molar refractivity (Wildman–Crippen MR) is 105 cm³/mol. The molecule has 0 heterocycles. The SMILES string of the molecule is CC(C)(C)NC(=O)c1ccc(NC(=O)C2(c3cccc(Cl)c3)CC2)cc1. The number of anilines is 1. The number of benzene rings is 2. The molecule has 0 bridgehead atoms. The molecule has 1 saturated carbocycles. The van der Waals surface area contributed by atoms with Gasteiger partial charge in [0.05, 0.1) is 5.41 Å². The Hall–Kier alpha value is -2.33. The van der Waals surface area contributed by atoms with Crippen LogP contribution in [-0.4, -0.2) is 17.4 Å². The van der Waals surface area contributed by atoms with Gasteiger partial charge in [-0.25, -0.2) is 0 Å². The quantitative estimate of drug-likeness (QED) is 0.830. The van der Waals surface area contributed by atoms with Crippen LogP contribution in [0.3, 0.4) is 0 Å². The lowest BCUT2D eigenvalue weighted by Crippen LogP contribution is -2.40. The van der Waals surface area contributed by atoms with E-state index in [4.69, 9.17) is 11.6 Å². The van der Waals surface area contributed by atoms with Crippen LogP contribution < -0.4 is 10.6 Å². The van der Waals surface area contributed by atoms with E-state index in [0.717, 1.165) is 18.4 Å². The molecule has 0 radical (unpaired) electrons. The minimum Gasteiger partial charge on any atom is -0.347 e. The van der Waals surface area contributed by atoms with Crippen LogP contribution in [0.2, 0.25) is 5.02 Å². The summed E-state index contributed by atoms with van der Waals surface area (Å²) in [5.74, 6) is -0.167. The molecule has 1 aliphatic carbocycles. The highest BCUT2D eigenvalue weighted by atomic mass is 35.5. The van der Waals surface area contributed by atoms with Gasteiger partial charge in [-0.1, -0.05) is 23.7 Å². The summed E-state index contributed by atoms with van der Waals surface area (Å²) in [5, 5.41) is 6.52. The molecule has 0 aromatic heterocycles. The van der Waals surface area contributed by atoms with Crippen molar-refractivity contribution in [3.63, 3.8) is 0 Å². The highest BCUT2D eigenvalue weighted by Gasteiger charge is 2.51. The van der Waals surface area contributed by atoms with Gasteiger partial charge in [-0.3, -0.25) is 9.59 Å². The van der Waals surface area contributed by atoms with Crippen molar-refractivity contribution >= 4 is 29.1 Å². The maximum atomic E-state index is 12.8. The van der Waals surface area contributed by atoms with Crippen molar-refractivity contribution in [1.29, 1.82) is 0 Å². The summed E-state index contributed by atoms with van der Waals surface area (Å²) in [6, 6.07) is 14.4. The highest BCUT2D eigenvalue weighted by Crippen LogP contribution is 2.49. The summed E-state index contributed by atoms with van der Waals surface area (Å²) < 4.78 is 0. The van der Waals surface area contributed by atoms with Crippen molar-refractivity contribution in [3.8, 4) is 0 Å². The first kappa shape index (κ1) is 18.5. The molecule has 1 aliphatic rings. The molecule has 0 aliphatic heterocycles. The van der Waals surface area contributed by atoms with Crippen LogP contribution in [-0.2, 0) is 10.2 Å². The third-order valence-corrected chi connectivity index (χ3v) is 4.69. The molecule has 0 atom stereocenters. The third kappa shape index (κ3) is 4.07. The van der Waals surface area contributed by atoms with E-state index in [1.807, 2.05) is 39.0 Å². The van der Waals surface area contributed by atoms with Crippen LogP contribution in [0.15, 0.2) is 48.5 Å². The summed E-state index contributed by atoms with van der Waals surface area (Å²) in [5.41, 5.74) is 1.40. The van der Waals surface area contributed by atoms with E-state index in [-0.39, 0.29) is 17.4 Å². The zero-order valence-electron chi connectivity index (χ0n) is 15.2. The van der Waals surface area contributed by atoms with Crippen molar-refractivity contribution in [2.24, 2.45) is 0 Å². The van der Waals surface area contributed by atoms with Gasteiger partial charge in [-0.15, -0.1) is 0 Å². The Bertz CT molecular complexity index is 834. The van der Waals surface area contributed by atoms with Gasteiger partial charge in [0, 0.05) is 21.8 Å². The summed E-state index contributed by atoms with van der Waals surface area (Å²) in [6.07, 6.45) is 1.62. The third-order valence-electron chi connectivity index (χ3n) is 4.46. The van der Waals surface area contributed by atoms with E-state index in [2.05, 4.69) is 10.6 Å². The molecule has 0 saturated heterocycles. The van der Waals surface area contributed by atoms with Crippen molar-refractivity contribution in [1.82, 2.24) is 5.32 Å². The maximum absolute atomic E-state index is 12.8. The standard InChI is InChI=1S/C21H23ClN2O2/c1-20(2,3)24-18(25)14-7-9-17(10-8-14)23-19(26)21(11-12-21)15-5-4-6-16(22)13-15/h4-10,13H,11-12H2,1-3H3,(H,23,26)(H,24,25). The molecule has 2 amide bonds. The van der Waals surface area contributed by atoms with Gasteiger partial charge in [0.25, 0.3) is 5.91 Å². The van der Waals surface area contributed by atoms with Crippen LogP contribution in [0.1, 0.15) is 49.5 Å². The Balaban J connectivity index is 1.70. The number of carbonyl (C=O) groups is 2. The fourth-order valence-corrected chi connectivity index (χ4v) is 3.12. The fraction of sp³-hybridized carbons (Fsp3) is 0.333. The van der Waals surface area contributed by atoms with Gasteiger partial charge in [-0.05, 0) is 75.6 Å². The first-order valence-electron chi connectivity index (χ1n) is 8.70. The van der Waals surface area contributed by atoms with Gasteiger partial charge in [0.15, 0.2) is 0 Å². The monoisotopic (exact) mass is 370 g/mol. The molecular formula is C21H23ClN2O2. The van der Waals surface area contributed by atoms with E-state index in [0.29, 0.717) is 16.3 Å². The molecule has 2 N–H and O–H groups in total. The molecule has 136 valence electrons. The largest absolute Gasteiger partial charge is 0.347 e. The Morgan fingerprint density at radius 2 is 1.69 bits per heavy atom. The minimum atomic E-state index is -0.493. The summed E-state index contributed by atoms with van der Waals surface area (Å²) in [7, 11) is 0. The van der Waals surface area contributed by atoms with Crippen molar-refractivity contribution in [2.45, 2.75) is 44.6 Å². The molecule has 3 rings (SSSR count). The van der Waals surface area contributed by atoms with E-state index in [1.54, 1.807) is 30.3 Å². The highest BCUT2D eigenvalue weighted by molar-refractivity contribution is 6.30. The van der Waals surface area contributed by atoms with Crippen molar-refractivity contribution < 1.29 is 9.59 Å². The molecule has 4 nitrogen and oxygen atoms in total. The molecule has 2 aromatic carbocycles. The minimum absolute atomic E-state index is 0.0355. The predicted octanol–water partition coefficient (Wildman–Crippen LogP) is 4.54. The van der Waals surface area contributed by atoms with E-state index < -0.39 is 5.41 Å². The normalized spacial score (nSPS) is 15.2. The van der Waals surface area contributed by atoms with Crippen molar-refractivity contribution in [3.05, 3.63) is 64.7 Å². The molecular weight excluding hydrogens is 348 g/mol. The van der Waals surface area contributed by atoms with Gasteiger partial charge >= 0.3 is 0 Å². The topological polar surface area (TPSA) is 58.2 Å². The number of halogens is 1. The van der Waals surface area contributed by atoms with E-state index in [9.17, 15) is 9.59 Å². The Labute approximate surface area is 158 Å². The molecule has 5 heteroatoms. The van der Waals surface area contributed by atoms with Gasteiger partial charge in [0.1, 0.15) is 0 Å². The number of hydrogen-bond donors (Lipinski definition) is 2. The number of amides is 2. The smallest absolute Gasteiger partial charge is 0.251 e. The first-order chi connectivity index (χ1) is 12.2. The van der Waals surface area contributed by atoms with Crippen LogP contribution in [0.5, 0.6) is 0 Å². The average molecular weight is 371 g/mol. The lowest BCUT2D eigenvalue weighted by Gasteiger charge is -2.20. The van der Waals surface area contributed by atoms with Crippen molar-refractivity contribution in [2.75, 3.05) is 5.32 Å². The van der Waals surface area contributed by atoms with Crippen LogP contribution in [0, 0.1) is 0 Å². The second-order valence-electron chi connectivity index (χ2n) is 7.83. The maximum Gasteiger partial charge on any atom is 0.251 e. The molecule has 1 fully saturated rings. The second-order valence-corrected chi connectivity index (χ2v) is 8.26. The zero-order valence-corrected chi connectivity index (χ0v) is 16.0. The van der Waals surface area contributed by atoms with E-state index in [1.165, 1.54) is 0 Å². The number of hydrogen-bond acceptors (Lipinski definition) is 2. The van der Waals surface area contributed by atoms with Gasteiger partial charge in [0.2, 0.25) is 5.91 Å². The lowest BCUT2D eigenvalue weighted by atomic mass is 9.95. The Kier molecular flexibility index (Phi) is 4.80. The number of nitrogens with one attached hydrogen (secondary N) is 2. The summed E-state index contributed by atoms with van der Waals surface area (Å²) in [4.78, 5) is 25.0. The summed E-state index contributed by atoms with van der Waals surface area (Å²) in [6.45, 7) is 5.80. The molecule has 0 spiro atoms. The lowest BCUT2D eigenvalue weighted by molar-refractivity contribution is -0.118. The van der Waals surface area contributed by atoms with Gasteiger partial charge in [-0.2, -0.15) is 0 Å². The van der Waals surface area contributed by atoms with E-state index >= 15 is 0 Å². The average Bonchev–Trinajstić information content (AvgIpc) is 3.36. The van der Waals surface area contributed by atoms with Crippen LogP contribution in [0.4, 0.5) is 5.69 Å². The number of rotatable bonds is 4. The second kappa shape index (κ2) is 6.76. The molecule has 2 aromatic rings. The molecule has 0 unspecified atom stereocenters. The zero-order chi connectivity index (χ0) is 18.9. The first-order valence-corrected chi connectivity index (χ1v) is 9.08. The number of carbonyl (C=O) groups excluding carboxylic acids is 2. The summed E-state index contributed by atoms with van der Waals surface area (Å²) >= 11 is 6.07. The molecule has 26 heavy (non-hydrogen) atoms. The van der Waals surface area contributed by atoms with Gasteiger partial charge < -0.3 is 10.6 Å². The van der Waals surface area contributed by atoms with Crippen LogP contribution >= 0.6 is 11.6 Å². The Morgan fingerprint density at radius 1 is 1.04 bits per heavy atom.